The van der Waals surface area contributed by atoms with E-state index in [9.17, 15) is 14.4 Å². The Morgan fingerprint density at radius 1 is 1.00 bits per heavy atom. The second-order valence-electron chi connectivity index (χ2n) is 8.68. The second-order valence-corrected chi connectivity index (χ2v) is 10.3. The molecule has 3 heterocycles. The van der Waals surface area contributed by atoms with Crippen LogP contribution in [0.25, 0.3) is 0 Å². The van der Waals surface area contributed by atoms with Gasteiger partial charge < -0.3 is 4.74 Å². The smallest absolute Gasteiger partial charge is 0.341 e. The molecule has 2 fully saturated rings. The molecular formula is C26H23ClN2O5S. The summed E-state index contributed by atoms with van der Waals surface area (Å²) in [5.74, 6) is -2.29. The zero-order valence-corrected chi connectivity index (χ0v) is 21.1. The van der Waals surface area contributed by atoms with E-state index in [1.54, 1.807) is 36.3 Å². The number of anilines is 2. The van der Waals surface area contributed by atoms with Gasteiger partial charge in [0.2, 0.25) is 5.91 Å². The van der Waals surface area contributed by atoms with Crippen molar-refractivity contribution in [3.63, 3.8) is 0 Å². The van der Waals surface area contributed by atoms with Gasteiger partial charge in [0.15, 0.2) is 6.10 Å². The summed E-state index contributed by atoms with van der Waals surface area (Å²) in [5, 5.41) is 2.47. The maximum Gasteiger partial charge on any atom is 0.341 e. The largest absolute Gasteiger partial charge is 0.465 e. The average molecular weight is 511 g/mol. The number of carbonyl (C=O) groups excluding carboxylic acids is 3. The molecule has 2 aliphatic rings. The number of rotatable bonds is 4. The Kier molecular flexibility index (Phi) is 5.91. The third-order valence-corrected chi connectivity index (χ3v) is 8.02. The number of benzene rings is 2. The summed E-state index contributed by atoms with van der Waals surface area (Å²) in [7, 11) is 1.28. The van der Waals surface area contributed by atoms with Gasteiger partial charge >= 0.3 is 5.97 Å². The molecule has 0 saturated carbocycles. The number of imide groups is 1. The summed E-state index contributed by atoms with van der Waals surface area (Å²) < 4.78 is 4.95. The molecule has 0 radical (unpaired) electrons. The zero-order valence-electron chi connectivity index (χ0n) is 19.6. The Hall–Kier alpha value is -3.20. The Bertz CT molecular complexity index is 1340. The number of aryl methyl sites for hydroxylation is 2. The van der Waals surface area contributed by atoms with E-state index in [1.165, 1.54) is 18.4 Å². The summed E-state index contributed by atoms with van der Waals surface area (Å²) in [6.45, 7) is 5.60. The van der Waals surface area contributed by atoms with Crippen LogP contribution in [0.4, 0.5) is 10.7 Å². The molecule has 2 aliphatic heterocycles. The molecule has 2 aromatic carbocycles. The normalized spacial score (nSPS) is 21.6. The number of esters is 1. The van der Waals surface area contributed by atoms with E-state index < -0.39 is 35.8 Å². The molecule has 3 atom stereocenters. The number of halogens is 1. The summed E-state index contributed by atoms with van der Waals surface area (Å²) in [5.41, 5.74) is 3.52. The van der Waals surface area contributed by atoms with Crippen LogP contribution in [0.3, 0.4) is 0 Å². The molecule has 0 unspecified atom stereocenters. The molecule has 1 aromatic heterocycles. The van der Waals surface area contributed by atoms with Crippen LogP contribution in [-0.4, -0.2) is 31.0 Å². The van der Waals surface area contributed by atoms with Gasteiger partial charge in [0.25, 0.3) is 5.91 Å². The number of hydrogen-bond acceptors (Lipinski definition) is 7. The molecule has 2 amide bonds. The number of amides is 2. The fourth-order valence-corrected chi connectivity index (χ4v) is 5.92. The van der Waals surface area contributed by atoms with E-state index in [-0.39, 0.29) is 10.6 Å². The molecule has 35 heavy (non-hydrogen) atoms. The molecule has 0 spiro atoms. The topological polar surface area (TPSA) is 76.2 Å². The molecule has 9 heteroatoms. The first-order valence-corrected chi connectivity index (χ1v) is 12.3. The van der Waals surface area contributed by atoms with Crippen molar-refractivity contribution in [2.45, 2.75) is 32.9 Å². The predicted octanol–water partition coefficient (Wildman–Crippen LogP) is 5.16. The molecule has 7 nitrogen and oxygen atoms in total. The molecule has 0 bridgehead atoms. The first-order chi connectivity index (χ1) is 16.7. The average Bonchev–Trinajstić information content (AvgIpc) is 3.45. The van der Waals surface area contributed by atoms with Crippen LogP contribution in [0.5, 0.6) is 0 Å². The van der Waals surface area contributed by atoms with Gasteiger partial charge in [0.1, 0.15) is 10.9 Å². The molecule has 0 N–H and O–H groups in total. The fourth-order valence-electron chi connectivity index (χ4n) is 4.64. The Labute approximate surface area is 211 Å². The number of fused-ring (bicyclic) bond motifs is 1. The summed E-state index contributed by atoms with van der Waals surface area (Å²) in [4.78, 5) is 48.2. The van der Waals surface area contributed by atoms with Gasteiger partial charge in [-0.2, -0.15) is 0 Å². The Balaban J connectivity index is 1.60. The van der Waals surface area contributed by atoms with E-state index in [2.05, 4.69) is 0 Å². The van der Waals surface area contributed by atoms with E-state index in [0.717, 1.165) is 20.9 Å². The second kappa shape index (κ2) is 8.78. The number of hydroxylamine groups is 1. The van der Waals surface area contributed by atoms with E-state index in [4.69, 9.17) is 21.2 Å². The molecular weight excluding hydrogens is 488 g/mol. The zero-order chi connectivity index (χ0) is 25.0. The van der Waals surface area contributed by atoms with Crippen molar-refractivity contribution in [3.8, 4) is 0 Å². The van der Waals surface area contributed by atoms with Gasteiger partial charge in [-0.1, -0.05) is 41.4 Å². The van der Waals surface area contributed by atoms with Gasteiger partial charge in [-0.25, -0.2) is 14.8 Å². The van der Waals surface area contributed by atoms with Crippen LogP contribution >= 0.6 is 22.9 Å². The maximum atomic E-state index is 13.9. The number of carbonyl (C=O) groups is 3. The lowest BCUT2D eigenvalue weighted by Crippen LogP contribution is -2.37. The summed E-state index contributed by atoms with van der Waals surface area (Å²) in [6.07, 6.45) is -1.03. The number of methoxy groups -OCH3 is 1. The highest BCUT2D eigenvalue weighted by Gasteiger charge is 2.61. The summed E-state index contributed by atoms with van der Waals surface area (Å²) in [6, 6.07) is 14.3. The molecule has 0 aliphatic carbocycles. The highest BCUT2D eigenvalue weighted by molar-refractivity contribution is 7.17. The molecule has 3 aromatic rings. The highest BCUT2D eigenvalue weighted by Crippen LogP contribution is 2.49. The van der Waals surface area contributed by atoms with Gasteiger partial charge in [-0.15, -0.1) is 11.3 Å². The SMILES string of the molecule is COC(=O)c1c(N2C(=O)[C@H]3[C@@H](ON(c4ccc(Cl)cc4)[C@H]3c3ccc(C)cc3)C2=O)sc(C)c1C. The fraction of sp³-hybridized carbons (Fsp3) is 0.269. The minimum absolute atomic E-state index is 0.234. The monoisotopic (exact) mass is 510 g/mol. The van der Waals surface area contributed by atoms with Gasteiger partial charge in [0, 0.05) is 9.90 Å². The van der Waals surface area contributed by atoms with Crippen LogP contribution in [0.1, 0.15) is 38.0 Å². The third kappa shape index (κ3) is 3.73. The lowest BCUT2D eigenvalue weighted by molar-refractivity contribution is -0.126. The van der Waals surface area contributed by atoms with E-state index >= 15 is 0 Å². The predicted molar refractivity (Wildman–Crippen MR) is 134 cm³/mol. The quantitative estimate of drug-likeness (QED) is 0.356. The lowest BCUT2D eigenvalue weighted by atomic mass is 9.90. The van der Waals surface area contributed by atoms with Crippen molar-refractivity contribution in [2.75, 3.05) is 17.1 Å². The van der Waals surface area contributed by atoms with Crippen molar-refractivity contribution in [1.82, 2.24) is 0 Å². The number of thiophene rings is 1. The Morgan fingerprint density at radius 3 is 2.29 bits per heavy atom. The minimum atomic E-state index is -1.03. The number of hydrogen-bond donors (Lipinski definition) is 0. The van der Waals surface area contributed by atoms with E-state index in [0.29, 0.717) is 16.3 Å². The number of nitrogens with zero attached hydrogens (tertiary/aromatic N) is 2. The number of ether oxygens (including phenoxy) is 1. The lowest BCUT2D eigenvalue weighted by Gasteiger charge is -2.28. The van der Waals surface area contributed by atoms with Gasteiger partial charge in [0.05, 0.1) is 24.4 Å². The first-order valence-electron chi connectivity index (χ1n) is 11.1. The van der Waals surface area contributed by atoms with Crippen LogP contribution in [0.15, 0.2) is 48.5 Å². The van der Waals surface area contributed by atoms with Crippen LogP contribution in [0, 0.1) is 26.7 Å². The van der Waals surface area contributed by atoms with Crippen molar-refractivity contribution in [2.24, 2.45) is 5.92 Å². The minimum Gasteiger partial charge on any atom is -0.465 e. The van der Waals surface area contributed by atoms with Crippen LogP contribution < -0.4 is 9.96 Å². The molecule has 180 valence electrons. The maximum absolute atomic E-state index is 13.9. The van der Waals surface area contributed by atoms with Crippen LogP contribution in [-0.2, 0) is 19.2 Å². The van der Waals surface area contributed by atoms with Crippen molar-refractivity contribution in [1.29, 1.82) is 0 Å². The Morgan fingerprint density at radius 2 is 1.66 bits per heavy atom. The standard InChI is InChI=1S/C26H23ClN2O5S/c1-13-5-7-16(8-6-13)21-20-22(34-29(21)18-11-9-17(27)10-12-18)24(31)28(23(20)30)25-19(26(32)33-4)14(2)15(3)35-25/h5-12,20-22H,1-4H3/t20-,21+,22-/m1/s1. The van der Waals surface area contributed by atoms with Crippen molar-refractivity contribution < 1.29 is 24.0 Å². The van der Waals surface area contributed by atoms with Gasteiger partial charge in [-0.3, -0.25) is 14.4 Å². The van der Waals surface area contributed by atoms with Crippen LogP contribution in [0.2, 0.25) is 5.02 Å². The summed E-state index contributed by atoms with van der Waals surface area (Å²) >= 11 is 7.30. The third-order valence-electron chi connectivity index (χ3n) is 6.57. The molecule has 5 rings (SSSR count). The van der Waals surface area contributed by atoms with E-state index in [1.807, 2.05) is 38.1 Å². The van der Waals surface area contributed by atoms with Gasteiger partial charge in [-0.05, 0) is 56.2 Å². The first kappa shape index (κ1) is 23.5. The highest BCUT2D eigenvalue weighted by atomic mass is 35.5. The van der Waals surface area contributed by atoms with Crippen molar-refractivity contribution in [3.05, 3.63) is 80.7 Å². The molecule has 2 saturated heterocycles. The van der Waals surface area contributed by atoms with Crippen molar-refractivity contribution >= 4 is 51.4 Å².